The first-order valence-electron chi connectivity index (χ1n) is 5.23. The second-order valence-corrected chi connectivity index (χ2v) is 4.23. The van der Waals surface area contributed by atoms with Crippen LogP contribution in [0.5, 0.6) is 11.6 Å². The zero-order valence-corrected chi connectivity index (χ0v) is 10.5. The van der Waals surface area contributed by atoms with Crippen molar-refractivity contribution in [2.75, 3.05) is 5.73 Å². The molecule has 8 heteroatoms. The Morgan fingerprint density at radius 1 is 1.20 bits per heavy atom. The first kappa shape index (κ1) is 14.4. The van der Waals surface area contributed by atoms with Gasteiger partial charge in [-0.05, 0) is 24.3 Å². The van der Waals surface area contributed by atoms with E-state index in [-0.39, 0.29) is 22.3 Å². The molecule has 0 bridgehead atoms. The lowest BCUT2D eigenvalue weighted by Gasteiger charge is -2.11. The number of pyridine rings is 1. The third-order valence-corrected chi connectivity index (χ3v) is 2.51. The summed E-state index contributed by atoms with van der Waals surface area (Å²) < 4.78 is 55.8. The minimum Gasteiger partial charge on any atom is -0.437 e. The van der Waals surface area contributed by atoms with E-state index >= 15 is 0 Å². The van der Waals surface area contributed by atoms with Crippen molar-refractivity contribution in [3.63, 3.8) is 0 Å². The lowest BCUT2D eigenvalue weighted by molar-refractivity contribution is -0.140. The first-order valence-corrected chi connectivity index (χ1v) is 5.61. The molecule has 20 heavy (non-hydrogen) atoms. The number of nitrogen functional groups attached to an aromatic ring is 1. The van der Waals surface area contributed by atoms with Crippen molar-refractivity contribution in [1.29, 1.82) is 0 Å². The van der Waals surface area contributed by atoms with Crippen LogP contribution in [-0.4, -0.2) is 4.98 Å². The number of hydrogen-bond donors (Lipinski definition) is 1. The van der Waals surface area contributed by atoms with Crippen LogP contribution in [-0.2, 0) is 6.18 Å². The van der Waals surface area contributed by atoms with Gasteiger partial charge < -0.3 is 10.5 Å². The van der Waals surface area contributed by atoms with E-state index in [1.165, 1.54) is 12.3 Å². The van der Waals surface area contributed by atoms with Crippen molar-refractivity contribution in [2.45, 2.75) is 6.18 Å². The third kappa shape index (κ3) is 3.11. The maximum Gasteiger partial charge on any atom is 0.419 e. The molecule has 1 heterocycles. The highest BCUT2D eigenvalue weighted by atomic mass is 35.5. The molecule has 0 aliphatic rings. The van der Waals surface area contributed by atoms with Crippen LogP contribution in [0.1, 0.15) is 5.56 Å². The van der Waals surface area contributed by atoms with Crippen LogP contribution in [0.3, 0.4) is 0 Å². The summed E-state index contributed by atoms with van der Waals surface area (Å²) in [5.41, 5.74) is 4.18. The Morgan fingerprint density at radius 3 is 2.50 bits per heavy atom. The van der Waals surface area contributed by atoms with E-state index in [9.17, 15) is 17.6 Å². The van der Waals surface area contributed by atoms with Gasteiger partial charge in [-0.3, -0.25) is 0 Å². The molecule has 0 spiro atoms. The molecule has 0 aliphatic carbocycles. The van der Waals surface area contributed by atoms with Crippen LogP contribution in [0.4, 0.5) is 23.2 Å². The van der Waals surface area contributed by atoms with E-state index in [0.717, 1.165) is 6.07 Å². The number of aromatic nitrogens is 1. The zero-order chi connectivity index (χ0) is 14.9. The van der Waals surface area contributed by atoms with E-state index in [0.29, 0.717) is 12.1 Å². The van der Waals surface area contributed by atoms with Crippen molar-refractivity contribution in [3.8, 4) is 11.6 Å². The summed E-state index contributed by atoms with van der Waals surface area (Å²) in [6.45, 7) is 0. The van der Waals surface area contributed by atoms with E-state index in [1.807, 2.05) is 0 Å². The molecule has 1 aromatic carbocycles. The maximum atomic E-state index is 13.1. The van der Waals surface area contributed by atoms with Crippen molar-refractivity contribution in [1.82, 2.24) is 4.98 Å². The van der Waals surface area contributed by atoms with E-state index in [4.69, 9.17) is 22.1 Å². The van der Waals surface area contributed by atoms with Gasteiger partial charge in [-0.2, -0.15) is 13.2 Å². The fourth-order valence-electron chi connectivity index (χ4n) is 1.42. The minimum absolute atomic E-state index is 0.0513. The topological polar surface area (TPSA) is 48.1 Å². The molecule has 0 aliphatic heterocycles. The number of benzene rings is 1. The van der Waals surface area contributed by atoms with Crippen molar-refractivity contribution >= 4 is 17.3 Å². The van der Waals surface area contributed by atoms with Gasteiger partial charge in [0.2, 0.25) is 5.88 Å². The zero-order valence-electron chi connectivity index (χ0n) is 9.71. The lowest BCUT2D eigenvalue weighted by Crippen LogP contribution is -2.08. The van der Waals surface area contributed by atoms with Gasteiger partial charge in [0.1, 0.15) is 11.6 Å². The fourth-order valence-corrected chi connectivity index (χ4v) is 1.59. The average molecular weight is 307 g/mol. The Hall–Kier alpha value is -2.02. The molecule has 0 atom stereocenters. The number of nitrogens with zero attached hydrogens (tertiary/aromatic N) is 1. The molecule has 1 aromatic heterocycles. The standard InChI is InChI=1S/C12H7ClF4N2O/c13-6-3-10(18)11(19-5-6)20-7-1-2-9(14)8(4-7)12(15,16)17/h1-5H,18H2. The van der Waals surface area contributed by atoms with Crippen molar-refractivity contribution in [2.24, 2.45) is 0 Å². The number of rotatable bonds is 2. The molecule has 0 unspecified atom stereocenters. The summed E-state index contributed by atoms with van der Waals surface area (Å²) in [6, 6.07) is 3.56. The minimum atomic E-state index is -4.82. The van der Waals surface area contributed by atoms with Crippen LogP contribution in [0.15, 0.2) is 30.5 Å². The number of hydrogen-bond acceptors (Lipinski definition) is 3. The monoisotopic (exact) mass is 306 g/mol. The molecule has 2 rings (SSSR count). The normalized spacial score (nSPS) is 11.4. The molecular weight excluding hydrogens is 300 g/mol. The second kappa shape index (κ2) is 5.16. The highest BCUT2D eigenvalue weighted by Gasteiger charge is 2.34. The Labute approximate surface area is 115 Å². The van der Waals surface area contributed by atoms with Crippen LogP contribution in [0, 0.1) is 5.82 Å². The Bertz CT molecular complexity index is 646. The molecule has 0 fully saturated rings. The van der Waals surface area contributed by atoms with Gasteiger partial charge in [-0.25, -0.2) is 9.37 Å². The van der Waals surface area contributed by atoms with Crippen LogP contribution >= 0.6 is 11.6 Å². The molecule has 0 saturated heterocycles. The van der Waals surface area contributed by atoms with Gasteiger partial charge in [0.15, 0.2) is 0 Å². The fraction of sp³-hybridized carbons (Fsp3) is 0.0833. The molecule has 2 aromatic rings. The molecule has 106 valence electrons. The van der Waals surface area contributed by atoms with Gasteiger partial charge in [0, 0.05) is 6.20 Å². The van der Waals surface area contributed by atoms with Crippen LogP contribution in [0.25, 0.3) is 0 Å². The Morgan fingerprint density at radius 2 is 1.90 bits per heavy atom. The smallest absolute Gasteiger partial charge is 0.419 e. The Kier molecular flexibility index (Phi) is 3.71. The predicted molar refractivity (Wildman–Crippen MR) is 65.1 cm³/mol. The molecule has 3 nitrogen and oxygen atoms in total. The van der Waals surface area contributed by atoms with Gasteiger partial charge in [0.05, 0.1) is 16.3 Å². The lowest BCUT2D eigenvalue weighted by atomic mass is 10.2. The third-order valence-electron chi connectivity index (χ3n) is 2.30. The predicted octanol–water partition coefficient (Wildman–Crippen LogP) is 4.27. The highest BCUT2D eigenvalue weighted by Crippen LogP contribution is 2.35. The summed E-state index contributed by atoms with van der Waals surface area (Å²) in [4.78, 5) is 3.73. The van der Waals surface area contributed by atoms with Gasteiger partial charge >= 0.3 is 6.18 Å². The molecule has 0 amide bonds. The molecule has 2 N–H and O–H groups in total. The number of alkyl halides is 3. The van der Waals surface area contributed by atoms with Crippen molar-refractivity contribution < 1.29 is 22.3 Å². The Balaban J connectivity index is 2.35. The summed E-state index contributed by atoms with van der Waals surface area (Å²) >= 11 is 5.63. The quantitative estimate of drug-likeness (QED) is 0.843. The van der Waals surface area contributed by atoms with Gasteiger partial charge in [-0.15, -0.1) is 0 Å². The molecule has 0 saturated carbocycles. The number of ether oxygens (including phenoxy) is 1. The van der Waals surface area contributed by atoms with Crippen LogP contribution < -0.4 is 10.5 Å². The summed E-state index contributed by atoms with van der Waals surface area (Å²) in [5.74, 6) is -1.74. The molecular formula is C12H7ClF4N2O. The van der Waals surface area contributed by atoms with E-state index < -0.39 is 17.6 Å². The average Bonchev–Trinajstić information content (AvgIpc) is 2.33. The summed E-state index contributed by atoms with van der Waals surface area (Å²) in [7, 11) is 0. The van der Waals surface area contributed by atoms with Gasteiger partial charge in [0.25, 0.3) is 0 Å². The largest absolute Gasteiger partial charge is 0.437 e. The SMILES string of the molecule is Nc1cc(Cl)cnc1Oc1ccc(F)c(C(F)(F)F)c1. The number of anilines is 1. The number of nitrogens with two attached hydrogens (primary N) is 1. The second-order valence-electron chi connectivity index (χ2n) is 3.79. The summed E-state index contributed by atoms with van der Waals surface area (Å²) in [6.07, 6.45) is -3.59. The summed E-state index contributed by atoms with van der Waals surface area (Å²) in [5, 5.41) is 0.255. The maximum absolute atomic E-state index is 13.1. The van der Waals surface area contributed by atoms with E-state index in [1.54, 1.807) is 0 Å². The highest BCUT2D eigenvalue weighted by molar-refractivity contribution is 6.30. The first-order chi connectivity index (χ1) is 9.27. The number of halogens is 5. The van der Waals surface area contributed by atoms with Gasteiger partial charge in [-0.1, -0.05) is 11.6 Å². The molecule has 0 radical (unpaired) electrons. The van der Waals surface area contributed by atoms with E-state index in [2.05, 4.69) is 4.98 Å². The van der Waals surface area contributed by atoms with Crippen molar-refractivity contribution in [3.05, 3.63) is 46.9 Å². The van der Waals surface area contributed by atoms with Crippen LogP contribution in [0.2, 0.25) is 5.02 Å².